The molecule has 0 saturated heterocycles. The third-order valence-electron chi connectivity index (χ3n) is 1.68. The molecule has 1 unspecified atom stereocenters. The Labute approximate surface area is 83.8 Å². The first-order valence-corrected chi connectivity index (χ1v) is 3.85. The minimum atomic E-state index is -0.504. The van der Waals surface area contributed by atoms with Crippen LogP contribution < -0.4 is 17.7 Å². The van der Waals surface area contributed by atoms with E-state index >= 15 is 0 Å². The summed E-state index contributed by atoms with van der Waals surface area (Å²) in [5.74, 6) is 0.218. The Morgan fingerprint density at radius 1 is 1.31 bits per heavy atom. The van der Waals surface area contributed by atoms with E-state index in [9.17, 15) is 5.11 Å². The van der Waals surface area contributed by atoms with Crippen LogP contribution in [0.25, 0.3) is 0 Å². The van der Waals surface area contributed by atoms with Crippen LogP contribution in [0.15, 0.2) is 24.3 Å². The van der Waals surface area contributed by atoms with E-state index in [1.165, 1.54) is 0 Å². The topological polar surface area (TPSA) is 52.5 Å². The number of aliphatic hydroxyl groups is 1. The van der Waals surface area contributed by atoms with Crippen molar-refractivity contribution in [1.29, 1.82) is 0 Å². The molecule has 0 radical (unpaired) electrons. The zero-order chi connectivity index (χ0) is 8.97. The van der Waals surface area contributed by atoms with Gasteiger partial charge in [-0.2, -0.15) is 0 Å². The average molecular weight is 203 g/mol. The van der Waals surface area contributed by atoms with Crippen LogP contribution in [0.4, 0.5) is 0 Å². The van der Waals surface area contributed by atoms with Crippen LogP contribution in [0.3, 0.4) is 0 Å². The summed E-state index contributed by atoms with van der Waals surface area (Å²) < 4.78 is 0. The number of hydrogen-bond acceptors (Lipinski definition) is 3. The van der Waals surface area contributed by atoms with Gasteiger partial charge in [-0.15, -0.1) is 0 Å². The predicted molar refractivity (Wildman–Crippen MR) is 47.0 cm³/mol. The van der Waals surface area contributed by atoms with Gasteiger partial charge in [0.25, 0.3) is 0 Å². The number of nitrogens with one attached hydrogen (secondary N) is 1. The molecule has 0 spiro atoms. The van der Waals surface area contributed by atoms with Crippen LogP contribution in [0.2, 0.25) is 0 Å². The first-order valence-electron chi connectivity index (χ1n) is 3.85. The summed E-state index contributed by atoms with van der Waals surface area (Å²) in [5.41, 5.74) is 0.808. The molecule has 0 saturated carbocycles. The van der Waals surface area contributed by atoms with Crippen molar-refractivity contribution in [3.8, 4) is 5.75 Å². The Morgan fingerprint density at radius 3 is 2.31 bits per heavy atom. The number of aliphatic hydroxyl groups excluding tert-OH is 1. The standard InChI is InChI=1S/C9H13NO2.ClH/c1-10-6-9(12)7-2-4-8(11)5-3-7;/h2-5,9-12H,6H2,1H3;1H/p-1. The van der Waals surface area contributed by atoms with Crippen LogP contribution in [0.5, 0.6) is 5.75 Å². The molecule has 1 aromatic rings. The van der Waals surface area contributed by atoms with Crippen LogP contribution in [-0.4, -0.2) is 23.8 Å². The molecule has 0 aromatic heterocycles. The van der Waals surface area contributed by atoms with Crippen molar-refractivity contribution in [3.05, 3.63) is 29.8 Å². The van der Waals surface area contributed by atoms with Gasteiger partial charge in [0.2, 0.25) is 0 Å². The minimum absolute atomic E-state index is 0. The average Bonchev–Trinajstić information content (AvgIpc) is 2.06. The van der Waals surface area contributed by atoms with Gasteiger partial charge in [0.05, 0.1) is 6.10 Å². The quantitative estimate of drug-likeness (QED) is 0.515. The smallest absolute Gasteiger partial charge is 0.115 e. The second-order valence-corrected chi connectivity index (χ2v) is 2.67. The maximum absolute atomic E-state index is 9.47. The fraction of sp³-hybridized carbons (Fsp3) is 0.333. The Kier molecular flexibility index (Phi) is 5.46. The molecule has 4 heteroatoms. The van der Waals surface area contributed by atoms with Crippen molar-refractivity contribution in [2.75, 3.05) is 13.6 Å². The normalized spacial score (nSPS) is 11.8. The van der Waals surface area contributed by atoms with E-state index in [2.05, 4.69) is 5.32 Å². The number of aromatic hydroxyl groups is 1. The molecule has 1 rings (SSSR count). The molecule has 74 valence electrons. The third kappa shape index (κ3) is 3.63. The Morgan fingerprint density at radius 2 is 1.85 bits per heavy atom. The highest BCUT2D eigenvalue weighted by atomic mass is 35.5. The molecule has 0 fully saturated rings. The summed E-state index contributed by atoms with van der Waals surface area (Å²) in [6.45, 7) is 0.519. The van der Waals surface area contributed by atoms with E-state index < -0.39 is 6.10 Å². The lowest BCUT2D eigenvalue weighted by Crippen LogP contribution is -3.00. The number of phenolic OH excluding ortho intramolecular Hbond substituents is 1. The minimum Gasteiger partial charge on any atom is -1.00 e. The molecule has 3 N–H and O–H groups in total. The van der Waals surface area contributed by atoms with E-state index in [0.717, 1.165) is 5.56 Å². The first kappa shape index (κ1) is 12.2. The van der Waals surface area contributed by atoms with Crippen LogP contribution in [0, 0.1) is 0 Å². The molecule has 0 heterocycles. The molecule has 0 amide bonds. The van der Waals surface area contributed by atoms with E-state index in [0.29, 0.717) is 6.54 Å². The lowest BCUT2D eigenvalue weighted by Gasteiger charge is -2.09. The number of rotatable bonds is 3. The molecule has 3 nitrogen and oxygen atoms in total. The molecule has 0 aliphatic carbocycles. The Bertz CT molecular complexity index is 238. The molecule has 1 aromatic carbocycles. The highest BCUT2D eigenvalue weighted by Crippen LogP contribution is 2.15. The Hall–Kier alpha value is -0.770. The second kappa shape index (κ2) is 5.80. The van der Waals surface area contributed by atoms with Gasteiger partial charge in [0.1, 0.15) is 5.75 Å². The largest absolute Gasteiger partial charge is 1.00 e. The summed E-state index contributed by atoms with van der Waals surface area (Å²) in [4.78, 5) is 0. The highest BCUT2D eigenvalue weighted by molar-refractivity contribution is 5.27. The number of hydrogen-bond donors (Lipinski definition) is 3. The van der Waals surface area contributed by atoms with Crippen molar-refractivity contribution >= 4 is 0 Å². The molecular formula is C9H13ClNO2-. The fourth-order valence-corrected chi connectivity index (χ4v) is 1.01. The van der Waals surface area contributed by atoms with E-state index in [1.54, 1.807) is 31.3 Å². The summed E-state index contributed by atoms with van der Waals surface area (Å²) in [7, 11) is 1.78. The van der Waals surface area contributed by atoms with Gasteiger partial charge in [-0.3, -0.25) is 0 Å². The monoisotopic (exact) mass is 202 g/mol. The molecule has 0 bridgehead atoms. The van der Waals surface area contributed by atoms with Crippen LogP contribution in [-0.2, 0) is 0 Å². The molecule has 1 atom stereocenters. The third-order valence-corrected chi connectivity index (χ3v) is 1.68. The zero-order valence-corrected chi connectivity index (χ0v) is 8.12. The Balaban J connectivity index is 0.00000144. The molecule has 13 heavy (non-hydrogen) atoms. The summed E-state index contributed by atoms with van der Waals surface area (Å²) >= 11 is 0. The maximum Gasteiger partial charge on any atom is 0.115 e. The van der Waals surface area contributed by atoms with Crippen molar-refractivity contribution in [3.63, 3.8) is 0 Å². The lowest BCUT2D eigenvalue weighted by molar-refractivity contribution is -0.00000530. The second-order valence-electron chi connectivity index (χ2n) is 2.67. The van der Waals surface area contributed by atoms with E-state index in [-0.39, 0.29) is 18.2 Å². The van der Waals surface area contributed by atoms with Gasteiger partial charge in [-0.1, -0.05) is 12.1 Å². The lowest BCUT2D eigenvalue weighted by atomic mass is 10.1. The van der Waals surface area contributed by atoms with Crippen molar-refractivity contribution in [2.24, 2.45) is 0 Å². The van der Waals surface area contributed by atoms with Gasteiger partial charge in [-0.25, -0.2) is 0 Å². The SMILES string of the molecule is CNCC(O)c1ccc(O)cc1.[Cl-]. The number of phenols is 1. The number of halogens is 1. The van der Waals surface area contributed by atoms with Crippen molar-refractivity contribution in [1.82, 2.24) is 5.32 Å². The van der Waals surface area contributed by atoms with Gasteiger partial charge in [0, 0.05) is 6.54 Å². The van der Waals surface area contributed by atoms with Crippen molar-refractivity contribution < 1.29 is 22.6 Å². The zero-order valence-electron chi connectivity index (χ0n) is 7.37. The van der Waals surface area contributed by atoms with Crippen molar-refractivity contribution in [2.45, 2.75) is 6.10 Å². The summed E-state index contributed by atoms with van der Waals surface area (Å²) in [6.07, 6.45) is -0.504. The maximum atomic E-state index is 9.47. The van der Waals surface area contributed by atoms with Gasteiger partial charge < -0.3 is 27.9 Å². The van der Waals surface area contributed by atoms with Gasteiger partial charge in [0.15, 0.2) is 0 Å². The fourth-order valence-electron chi connectivity index (χ4n) is 1.01. The number of benzene rings is 1. The van der Waals surface area contributed by atoms with E-state index in [1.807, 2.05) is 0 Å². The highest BCUT2D eigenvalue weighted by Gasteiger charge is 2.04. The summed E-state index contributed by atoms with van der Waals surface area (Å²) in [6, 6.07) is 6.54. The summed E-state index contributed by atoms with van der Waals surface area (Å²) in [5, 5.41) is 21.3. The van der Waals surface area contributed by atoms with Gasteiger partial charge >= 0.3 is 0 Å². The van der Waals surface area contributed by atoms with Gasteiger partial charge in [-0.05, 0) is 24.7 Å². The van der Waals surface area contributed by atoms with E-state index in [4.69, 9.17) is 5.11 Å². The first-order chi connectivity index (χ1) is 5.74. The van der Waals surface area contributed by atoms with Crippen LogP contribution in [0.1, 0.15) is 11.7 Å². The predicted octanol–water partition coefficient (Wildman–Crippen LogP) is -2.35. The molecular weight excluding hydrogens is 190 g/mol. The molecule has 0 aliphatic heterocycles. The number of likely N-dealkylation sites (N-methyl/N-ethyl adjacent to an activating group) is 1. The van der Waals surface area contributed by atoms with Crippen LogP contribution >= 0.6 is 0 Å². The molecule has 0 aliphatic rings.